The molecule has 0 aromatic heterocycles. The lowest BCUT2D eigenvalue weighted by Crippen LogP contribution is -2.51. The predicted molar refractivity (Wildman–Crippen MR) is 224 cm³/mol. The number of aliphatic imine (C=N–C) groups is 1. The van der Waals surface area contributed by atoms with E-state index in [0.717, 1.165) is 68.9 Å². The van der Waals surface area contributed by atoms with Crippen LogP contribution in [0.2, 0.25) is 18.5 Å². The molecule has 52 heavy (non-hydrogen) atoms. The maximum absolute atomic E-state index is 13.1. The lowest BCUT2D eigenvalue weighted by molar-refractivity contribution is -0.124. The van der Waals surface area contributed by atoms with E-state index in [4.69, 9.17) is 14.5 Å². The third-order valence-corrected chi connectivity index (χ3v) is 13.6. The van der Waals surface area contributed by atoms with Crippen LogP contribution in [0.1, 0.15) is 141 Å². The van der Waals surface area contributed by atoms with Gasteiger partial charge < -0.3 is 19.2 Å². The number of carbonyl (C=O) groups excluding carboxylic acids is 2. The summed E-state index contributed by atoms with van der Waals surface area (Å²) in [6.07, 6.45) is 10.7. The first kappa shape index (κ1) is 46.4. The van der Waals surface area contributed by atoms with Gasteiger partial charge in [0.05, 0.1) is 24.5 Å². The summed E-state index contributed by atoms with van der Waals surface area (Å²) in [6.45, 7) is 36.1. The monoisotopic (exact) mass is 725 g/mol. The van der Waals surface area contributed by atoms with E-state index < -0.39 is 0 Å². The highest BCUT2D eigenvalue weighted by molar-refractivity contribution is 6.60. The summed E-state index contributed by atoms with van der Waals surface area (Å²) in [6, 6.07) is 0.378. The SMILES string of the molecule is C=C(C)C/N=C(\[C@H](C)CCB(CC)[C@H](CC1OC(C)CC(N(C)C)[C@H]1CCC(C)=O)C(C)C(C)C(C)C(=O)CC)[C@H](C)[C@H]1OC(=C)C[C@]1(C)CCC. The second kappa shape index (κ2) is 21.4. The summed E-state index contributed by atoms with van der Waals surface area (Å²) in [5.41, 5.74) is 2.39. The summed E-state index contributed by atoms with van der Waals surface area (Å²) in [4.78, 5) is 33.0. The largest absolute Gasteiger partial charge is 0.494 e. The van der Waals surface area contributed by atoms with Crippen molar-refractivity contribution in [1.82, 2.24) is 4.90 Å². The Bertz CT molecular complexity index is 1200. The molecule has 0 aromatic carbocycles. The minimum atomic E-state index is 0.0217. The number of hydrogen-bond donors (Lipinski definition) is 0. The Morgan fingerprint density at radius 2 is 1.73 bits per heavy atom. The Kier molecular flexibility index (Phi) is 19.1. The standard InChI is InChI=1S/C45H81BN2O4/c1-17-23-45(14)27-33(9)52-44(45)37(13)43(47-28-29(4)5)30(6)22-24-46(19-3)39(35(11)34(10)36(12)41(50)18-2)26-42-38(21-20-31(7)49)40(48(15)16)25-32(8)51-42/h30,32,34-40,42,44H,4,9,17-28H2,1-3,5-8,10-16H3/b47-43+/t30-,32?,34?,35?,36?,37+,38-,39-,40?,42?,44-,45+/m1/s1. The number of nitrogens with zero attached hydrogens (tertiary/aromatic N) is 2. The Hall–Kier alpha value is -1.73. The lowest BCUT2D eigenvalue weighted by atomic mass is 9.33. The molecule has 0 aromatic rings. The second-order valence-electron chi connectivity index (χ2n) is 18.2. The molecular weight excluding hydrogens is 643 g/mol. The minimum absolute atomic E-state index is 0.0217. The molecule has 2 fully saturated rings. The number of rotatable bonds is 23. The molecule has 2 rings (SSSR count). The molecule has 0 saturated carbocycles. The first-order valence-corrected chi connectivity index (χ1v) is 21.2. The number of ketones is 2. The van der Waals surface area contributed by atoms with Gasteiger partial charge in [0.2, 0.25) is 0 Å². The Balaban J connectivity index is 2.49. The van der Waals surface area contributed by atoms with Crippen molar-refractivity contribution in [2.75, 3.05) is 20.6 Å². The fourth-order valence-electron chi connectivity index (χ4n) is 10.2. The van der Waals surface area contributed by atoms with E-state index in [1.54, 1.807) is 6.92 Å². The Morgan fingerprint density at radius 3 is 2.27 bits per heavy atom. The van der Waals surface area contributed by atoms with Crippen LogP contribution in [0, 0.1) is 40.9 Å². The average molecular weight is 725 g/mol. The van der Waals surface area contributed by atoms with Crippen LogP contribution >= 0.6 is 0 Å². The van der Waals surface area contributed by atoms with Gasteiger partial charge in [-0.15, -0.1) is 0 Å². The third-order valence-electron chi connectivity index (χ3n) is 13.6. The molecule has 298 valence electrons. The van der Waals surface area contributed by atoms with Gasteiger partial charge in [-0.25, -0.2) is 0 Å². The smallest absolute Gasteiger partial charge is 0.143 e. The van der Waals surface area contributed by atoms with E-state index in [0.29, 0.717) is 61.5 Å². The lowest BCUT2D eigenvalue weighted by Gasteiger charge is -2.47. The van der Waals surface area contributed by atoms with Gasteiger partial charge >= 0.3 is 0 Å². The van der Waals surface area contributed by atoms with Crippen LogP contribution in [0.15, 0.2) is 29.5 Å². The number of ether oxygens (including phenoxy) is 2. The van der Waals surface area contributed by atoms with Crippen molar-refractivity contribution in [2.45, 2.75) is 184 Å². The van der Waals surface area contributed by atoms with Crippen molar-refractivity contribution in [1.29, 1.82) is 0 Å². The number of hydrogen-bond acceptors (Lipinski definition) is 6. The Labute approximate surface area is 321 Å². The van der Waals surface area contributed by atoms with Crippen molar-refractivity contribution >= 4 is 24.0 Å². The zero-order valence-corrected chi connectivity index (χ0v) is 36.4. The van der Waals surface area contributed by atoms with Crippen LogP contribution in [0.3, 0.4) is 0 Å². The van der Waals surface area contributed by atoms with Gasteiger partial charge in [-0.1, -0.05) is 112 Å². The van der Waals surface area contributed by atoms with E-state index in [9.17, 15) is 9.59 Å². The maximum atomic E-state index is 13.1. The summed E-state index contributed by atoms with van der Waals surface area (Å²) in [5.74, 6) is 3.32. The molecule has 2 aliphatic rings. The van der Waals surface area contributed by atoms with Crippen molar-refractivity contribution in [2.24, 2.45) is 45.9 Å². The molecule has 6 unspecified atom stereocenters. The molecule has 0 radical (unpaired) electrons. The number of Topliss-reactive ketones (excluding diaryl/α,β-unsaturated/α-hetero) is 2. The van der Waals surface area contributed by atoms with Gasteiger partial charge in [0.15, 0.2) is 0 Å². The highest BCUT2D eigenvalue weighted by Crippen LogP contribution is 2.48. The van der Waals surface area contributed by atoms with Gasteiger partial charge in [-0.2, -0.15) is 0 Å². The van der Waals surface area contributed by atoms with Crippen molar-refractivity contribution in [3.8, 4) is 0 Å². The number of carbonyl (C=O) groups is 2. The normalized spacial score (nSPS) is 28.9. The van der Waals surface area contributed by atoms with E-state index >= 15 is 0 Å². The zero-order chi connectivity index (χ0) is 39.5. The predicted octanol–water partition coefficient (Wildman–Crippen LogP) is 11.0. The second-order valence-corrected chi connectivity index (χ2v) is 18.2. The fourth-order valence-corrected chi connectivity index (χ4v) is 10.2. The van der Waals surface area contributed by atoms with E-state index in [1.165, 1.54) is 5.71 Å². The quantitative estimate of drug-likeness (QED) is 0.0596. The highest BCUT2D eigenvalue weighted by Gasteiger charge is 2.47. The van der Waals surface area contributed by atoms with E-state index in [1.807, 2.05) is 6.92 Å². The molecule has 0 aliphatic carbocycles. The molecule has 2 aliphatic heterocycles. The van der Waals surface area contributed by atoms with Crippen molar-refractivity contribution in [3.63, 3.8) is 0 Å². The van der Waals surface area contributed by atoms with E-state index in [-0.39, 0.29) is 47.3 Å². The van der Waals surface area contributed by atoms with E-state index in [2.05, 4.69) is 101 Å². The number of allylic oxidation sites excluding steroid dienone is 1. The average Bonchev–Trinajstić information content (AvgIpc) is 3.38. The molecule has 0 N–H and O–H groups in total. The Morgan fingerprint density at radius 1 is 1.08 bits per heavy atom. The minimum Gasteiger partial charge on any atom is -0.494 e. The maximum Gasteiger partial charge on any atom is 0.143 e. The van der Waals surface area contributed by atoms with Gasteiger partial charge in [0, 0.05) is 54.2 Å². The molecular formula is C45H81BN2O4. The topological polar surface area (TPSA) is 68.2 Å². The highest BCUT2D eigenvalue weighted by atomic mass is 16.5. The molecule has 2 heterocycles. The van der Waals surface area contributed by atoms with Gasteiger partial charge in [0.1, 0.15) is 24.4 Å². The molecule has 6 nitrogen and oxygen atoms in total. The van der Waals surface area contributed by atoms with Crippen LogP contribution in [-0.4, -0.2) is 73.9 Å². The van der Waals surface area contributed by atoms with Crippen LogP contribution in [0.5, 0.6) is 0 Å². The van der Waals surface area contributed by atoms with Crippen molar-refractivity contribution < 1.29 is 19.1 Å². The van der Waals surface area contributed by atoms with Gasteiger partial charge in [0.25, 0.3) is 0 Å². The molecule has 7 heteroatoms. The summed E-state index contributed by atoms with van der Waals surface area (Å²) >= 11 is 0. The molecule has 12 atom stereocenters. The first-order chi connectivity index (χ1) is 24.3. The first-order valence-electron chi connectivity index (χ1n) is 21.2. The van der Waals surface area contributed by atoms with Crippen molar-refractivity contribution in [3.05, 3.63) is 24.5 Å². The van der Waals surface area contributed by atoms with Crippen LogP contribution in [0.25, 0.3) is 0 Å². The van der Waals surface area contributed by atoms with Gasteiger partial charge in [-0.3, -0.25) is 9.79 Å². The van der Waals surface area contributed by atoms with Crippen LogP contribution in [0.4, 0.5) is 0 Å². The molecule has 0 bridgehead atoms. The van der Waals surface area contributed by atoms with Crippen LogP contribution in [-0.2, 0) is 19.1 Å². The van der Waals surface area contributed by atoms with Crippen LogP contribution < -0.4 is 0 Å². The summed E-state index contributed by atoms with van der Waals surface area (Å²) in [5, 5.41) is 0. The molecule has 2 saturated heterocycles. The van der Waals surface area contributed by atoms with Gasteiger partial charge in [-0.05, 0) is 78.3 Å². The fraction of sp³-hybridized carbons (Fsp3) is 0.844. The molecule has 0 amide bonds. The zero-order valence-electron chi connectivity index (χ0n) is 36.4. The third kappa shape index (κ3) is 12.7. The molecule has 0 spiro atoms. The summed E-state index contributed by atoms with van der Waals surface area (Å²) in [7, 11) is 4.37. The summed E-state index contributed by atoms with van der Waals surface area (Å²) < 4.78 is 13.4.